The zero-order chi connectivity index (χ0) is 37.9. The lowest BCUT2D eigenvalue weighted by Crippen LogP contribution is -2.54. The summed E-state index contributed by atoms with van der Waals surface area (Å²) in [6.45, 7) is 43.7. The molecule has 1 aliphatic rings. The Morgan fingerprint density at radius 3 is 1.75 bits per heavy atom. The lowest BCUT2D eigenvalue weighted by atomic mass is 9.73. The SMILES string of the molecule is C[C@H]1CCC/C=C\C[C@@H]([C@@H](C)O[Si](C)(C)C(C)(C)C)OC(=O)C[C@H](O[Si](C)(C)C(C)(C)C)C(C)(C)C(=O)[C@H](C)[C@H]1O[Si](C)(C)C(C)(C)C. The summed E-state index contributed by atoms with van der Waals surface area (Å²) in [4.78, 5) is 28.8. The average Bonchev–Trinajstić information content (AvgIpc) is 2.88. The van der Waals surface area contributed by atoms with Crippen molar-refractivity contribution in [3.8, 4) is 0 Å². The van der Waals surface area contributed by atoms with Crippen LogP contribution in [0.1, 0.15) is 129 Å². The van der Waals surface area contributed by atoms with Gasteiger partial charge in [-0.25, -0.2) is 0 Å². The van der Waals surface area contributed by atoms with E-state index in [0.29, 0.717) is 6.42 Å². The molecule has 0 saturated carbocycles. The Bertz CT molecular complexity index is 1090. The molecule has 1 heterocycles. The summed E-state index contributed by atoms with van der Waals surface area (Å²) < 4.78 is 27.2. The Hall–Kier alpha value is -0.589. The van der Waals surface area contributed by atoms with Crippen molar-refractivity contribution in [3.63, 3.8) is 0 Å². The van der Waals surface area contributed by atoms with Gasteiger partial charge in [0.2, 0.25) is 0 Å². The van der Waals surface area contributed by atoms with E-state index in [-0.39, 0.29) is 57.3 Å². The summed E-state index contributed by atoms with van der Waals surface area (Å²) in [6.07, 6.45) is 6.31. The van der Waals surface area contributed by atoms with Gasteiger partial charge in [0.15, 0.2) is 25.0 Å². The molecule has 0 N–H and O–H groups in total. The number of esters is 1. The molecule has 0 amide bonds. The van der Waals surface area contributed by atoms with Crippen molar-refractivity contribution in [1.29, 1.82) is 0 Å². The van der Waals surface area contributed by atoms with E-state index in [1.807, 2.05) is 27.7 Å². The van der Waals surface area contributed by atoms with Gasteiger partial charge in [0, 0.05) is 17.8 Å². The molecular formula is C39H78O6Si3. The first kappa shape index (κ1) is 45.4. The summed E-state index contributed by atoms with van der Waals surface area (Å²) in [5, 5.41) is -0.0492. The van der Waals surface area contributed by atoms with Gasteiger partial charge in [0.05, 0.1) is 24.7 Å². The molecule has 0 spiro atoms. The van der Waals surface area contributed by atoms with Crippen LogP contribution in [0, 0.1) is 17.3 Å². The molecule has 0 bridgehead atoms. The van der Waals surface area contributed by atoms with Crippen LogP contribution in [0.3, 0.4) is 0 Å². The molecule has 1 aliphatic heterocycles. The molecule has 0 aromatic rings. The number of carbonyl (C=O) groups is 2. The minimum atomic E-state index is -2.39. The van der Waals surface area contributed by atoms with E-state index in [2.05, 4.69) is 121 Å². The van der Waals surface area contributed by atoms with Crippen molar-refractivity contribution in [3.05, 3.63) is 12.2 Å². The Kier molecular flexibility index (Phi) is 15.5. The molecule has 0 fully saturated rings. The van der Waals surface area contributed by atoms with Gasteiger partial charge in [-0.2, -0.15) is 0 Å². The molecule has 48 heavy (non-hydrogen) atoms. The fraction of sp³-hybridized carbons (Fsp3) is 0.897. The molecule has 0 saturated heterocycles. The van der Waals surface area contributed by atoms with Gasteiger partial charge in [-0.15, -0.1) is 0 Å². The van der Waals surface area contributed by atoms with Crippen LogP contribution < -0.4 is 0 Å². The zero-order valence-corrected chi connectivity index (χ0v) is 38.1. The third-order valence-corrected chi connectivity index (χ3v) is 25.9. The van der Waals surface area contributed by atoms with E-state index >= 15 is 0 Å². The first-order valence-electron chi connectivity index (χ1n) is 18.7. The highest BCUT2D eigenvalue weighted by Crippen LogP contribution is 2.44. The first-order chi connectivity index (χ1) is 21.3. The standard InChI is InChI=1S/C39H78O6Si3/c1-28-25-23-21-22-24-26-31(30(3)43-46(15,16)36(4,5)6)42-33(40)27-32(44-47(17,18)37(7,8)9)39(13,14)35(41)29(2)34(28)45-48(19,20)38(10,11)12/h22,24,28-32,34H,21,23,25-27H2,1-20H3/b24-22-/t28-,29+,30+,31-,32-,34-/m0/s1. The molecule has 0 radical (unpaired) electrons. The molecular weight excluding hydrogens is 649 g/mol. The second-order valence-corrected chi connectivity index (χ2v) is 34.3. The van der Waals surface area contributed by atoms with Crippen molar-refractivity contribution < 1.29 is 27.6 Å². The van der Waals surface area contributed by atoms with E-state index in [9.17, 15) is 9.59 Å². The smallest absolute Gasteiger partial charge is 0.308 e. The van der Waals surface area contributed by atoms with Crippen LogP contribution in [0.5, 0.6) is 0 Å². The van der Waals surface area contributed by atoms with E-state index in [4.69, 9.17) is 18.0 Å². The first-order valence-corrected chi connectivity index (χ1v) is 27.4. The largest absolute Gasteiger partial charge is 0.459 e. The van der Waals surface area contributed by atoms with E-state index in [1.54, 1.807) is 0 Å². The second kappa shape index (κ2) is 16.4. The number of allylic oxidation sites excluding steroid dienone is 1. The zero-order valence-electron chi connectivity index (χ0n) is 35.1. The fourth-order valence-corrected chi connectivity index (χ4v) is 9.94. The van der Waals surface area contributed by atoms with Gasteiger partial charge in [-0.1, -0.05) is 102 Å². The van der Waals surface area contributed by atoms with Gasteiger partial charge in [-0.05, 0) is 86.5 Å². The summed E-state index contributed by atoms with van der Waals surface area (Å²) in [5.41, 5.74) is -0.946. The van der Waals surface area contributed by atoms with Crippen LogP contribution in [0.25, 0.3) is 0 Å². The molecule has 9 heteroatoms. The highest BCUT2D eigenvalue weighted by Gasteiger charge is 2.50. The third kappa shape index (κ3) is 12.0. The lowest BCUT2D eigenvalue weighted by molar-refractivity contribution is -0.158. The van der Waals surface area contributed by atoms with Gasteiger partial charge in [-0.3, -0.25) is 9.59 Å². The molecule has 6 atom stereocenters. The van der Waals surface area contributed by atoms with E-state index < -0.39 is 42.6 Å². The maximum atomic E-state index is 14.8. The fourth-order valence-electron chi connectivity index (χ4n) is 5.59. The minimum Gasteiger partial charge on any atom is -0.459 e. The second-order valence-electron chi connectivity index (χ2n) is 20.0. The van der Waals surface area contributed by atoms with Crippen LogP contribution in [0.15, 0.2) is 12.2 Å². The molecule has 6 nitrogen and oxygen atoms in total. The maximum absolute atomic E-state index is 14.8. The Morgan fingerprint density at radius 1 is 0.792 bits per heavy atom. The number of ether oxygens (including phenoxy) is 1. The minimum absolute atomic E-state index is 0.00824. The topological polar surface area (TPSA) is 71.1 Å². The van der Waals surface area contributed by atoms with Crippen LogP contribution in [-0.4, -0.2) is 61.1 Å². The molecule has 282 valence electrons. The number of cyclic esters (lactones) is 1. The van der Waals surface area contributed by atoms with Crippen LogP contribution >= 0.6 is 0 Å². The molecule has 0 aromatic heterocycles. The maximum Gasteiger partial charge on any atom is 0.308 e. The predicted octanol–water partition coefficient (Wildman–Crippen LogP) is 11.5. The number of Topliss-reactive ketones (excluding diaryl/α,β-unsaturated/α-hetero) is 1. The van der Waals surface area contributed by atoms with Gasteiger partial charge in [0.25, 0.3) is 0 Å². The van der Waals surface area contributed by atoms with Crippen molar-refractivity contribution in [1.82, 2.24) is 0 Å². The van der Waals surface area contributed by atoms with Crippen molar-refractivity contribution in [2.45, 2.75) is 208 Å². The average molecular weight is 727 g/mol. The molecule has 0 aliphatic carbocycles. The number of rotatable bonds is 7. The number of ketones is 1. The van der Waals surface area contributed by atoms with Crippen molar-refractivity contribution in [2.75, 3.05) is 0 Å². The monoisotopic (exact) mass is 727 g/mol. The van der Waals surface area contributed by atoms with Crippen LogP contribution in [-0.2, 0) is 27.6 Å². The van der Waals surface area contributed by atoms with E-state index in [1.165, 1.54) is 0 Å². The molecule has 0 aromatic carbocycles. The normalized spacial score (nSPS) is 28.1. The van der Waals surface area contributed by atoms with E-state index in [0.717, 1.165) is 19.3 Å². The summed E-state index contributed by atoms with van der Waals surface area (Å²) in [6, 6.07) is 0. The highest BCUT2D eigenvalue weighted by molar-refractivity contribution is 6.75. The van der Waals surface area contributed by atoms with Crippen molar-refractivity contribution in [2.24, 2.45) is 17.3 Å². The van der Waals surface area contributed by atoms with Crippen LogP contribution in [0.4, 0.5) is 0 Å². The number of hydrogen-bond donors (Lipinski definition) is 0. The van der Waals surface area contributed by atoms with Crippen molar-refractivity contribution >= 4 is 36.7 Å². The molecule has 1 rings (SSSR count). The Labute approximate surface area is 300 Å². The Balaban J connectivity index is 3.72. The summed E-state index contributed by atoms with van der Waals surface area (Å²) in [7, 11) is -6.68. The van der Waals surface area contributed by atoms with Gasteiger partial charge < -0.3 is 18.0 Å². The number of hydrogen-bond acceptors (Lipinski definition) is 6. The van der Waals surface area contributed by atoms with Crippen LogP contribution in [0.2, 0.25) is 54.4 Å². The third-order valence-electron chi connectivity index (χ3n) is 12.4. The summed E-state index contributed by atoms with van der Waals surface area (Å²) >= 11 is 0. The molecule has 0 unspecified atom stereocenters. The van der Waals surface area contributed by atoms with Gasteiger partial charge >= 0.3 is 5.97 Å². The highest BCUT2D eigenvalue weighted by atomic mass is 28.4. The van der Waals surface area contributed by atoms with Gasteiger partial charge in [0.1, 0.15) is 11.9 Å². The number of carbonyl (C=O) groups excluding carboxylic acids is 2. The Morgan fingerprint density at radius 2 is 1.27 bits per heavy atom. The predicted molar refractivity (Wildman–Crippen MR) is 211 cm³/mol. The quantitative estimate of drug-likeness (QED) is 0.148. The summed E-state index contributed by atoms with van der Waals surface area (Å²) in [5.74, 6) is -0.413. The lowest BCUT2D eigenvalue weighted by Gasteiger charge is -2.46.